The molecule has 0 saturated carbocycles. The molecule has 0 aromatic heterocycles. The molecule has 0 aliphatic carbocycles. The Morgan fingerprint density at radius 1 is 1.41 bits per heavy atom. The quantitative estimate of drug-likeness (QED) is 0.573. The molecular formula is C10H12ClN3O2S. The summed E-state index contributed by atoms with van der Waals surface area (Å²) in [7, 11) is 0. The fourth-order valence-corrected chi connectivity index (χ4v) is 2.19. The second-order valence-electron chi connectivity index (χ2n) is 3.19. The summed E-state index contributed by atoms with van der Waals surface area (Å²) < 4.78 is 0. The normalized spacial score (nSPS) is 9.94. The Bertz CT molecular complexity index is 440. The highest BCUT2D eigenvalue weighted by atomic mass is 35.5. The molecule has 0 aliphatic heterocycles. The van der Waals surface area contributed by atoms with Gasteiger partial charge in [0.15, 0.2) is 0 Å². The van der Waals surface area contributed by atoms with Crippen LogP contribution in [0.3, 0.4) is 0 Å². The van der Waals surface area contributed by atoms with Crippen molar-refractivity contribution in [3.8, 4) is 0 Å². The summed E-state index contributed by atoms with van der Waals surface area (Å²) in [5.74, 6) is 0.130. The van der Waals surface area contributed by atoms with Crippen LogP contribution >= 0.6 is 23.4 Å². The zero-order valence-corrected chi connectivity index (χ0v) is 10.5. The SMILES string of the molecule is NC(=O)NC(=O)CCSc1ccc(N)c(Cl)c1. The fourth-order valence-electron chi connectivity index (χ4n) is 1.06. The predicted octanol–water partition coefficient (Wildman–Crippen LogP) is 1.60. The van der Waals surface area contributed by atoms with Crippen LogP contribution in [0.4, 0.5) is 10.5 Å². The lowest BCUT2D eigenvalue weighted by atomic mass is 10.3. The molecule has 0 spiro atoms. The highest BCUT2D eigenvalue weighted by Crippen LogP contribution is 2.26. The van der Waals surface area contributed by atoms with Crippen molar-refractivity contribution < 1.29 is 9.59 Å². The van der Waals surface area contributed by atoms with Crippen molar-refractivity contribution in [2.45, 2.75) is 11.3 Å². The van der Waals surface area contributed by atoms with Crippen molar-refractivity contribution in [2.75, 3.05) is 11.5 Å². The Hall–Kier alpha value is -1.40. The molecule has 1 rings (SSSR count). The average molecular weight is 274 g/mol. The molecule has 5 N–H and O–H groups in total. The number of urea groups is 1. The molecule has 0 unspecified atom stereocenters. The zero-order valence-electron chi connectivity index (χ0n) is 8.90. The van der Waals surface area contributed by atoms with E-state index in [1.54, 1.807) is 12.1 Å². The van der Waals surface area contributed by atoms with Crippen molar-refractivity contribution in [1.82, 2.24) is 5.32 Å². The summed E-state index contributed by atoms with van der Waals surface area (Å²) in [4.78, 5) is 22.4. The van der Waals surface area contributed by atoms with Crippen molar-refractivity contribution >= 4 is 41.0 Å². The number of primary amides is 1. The van der Waals surface area contributed by atoms with Crippen LogP contribution in [0.5, 0.6) is 0 Å². The number of benzene rings is 1. The molecule has 7 heteroatoms. The van der Waals surface area contributed by atoms with E-state index in [-0.39, 0.29) is 6.42 Å². The molecule has 17 heavy (non-hydrogen) atoms. The number of nitrogen functional groups attached to an aromatic ring is 1. The van der Waals surface area contributed by atoms with E-state index in [9.17, 15) is 9.59 Å². The van der Waals surface area contributed by atoms with Gasteiger partial charge < -0.3 is 11.5 Å². The van der Waals surface area contributed by atoms with Crippen molar-refractivity contribution in [3.63, 3.8) is 0 Å². The monoisotopic (exact) mass is 273 g/mol. The zero-order chi connectivity index (χ0) is 12.8. The van der Waals surface area contributed by atoms with E-state index >= 15 is 0 Å². The second kappa shape index (κ2) is 6.36. The first kappa shape index (κ1) is 13.7. The lowest BCUT2D eigenvalue weighted by Gasteiger charge is -2.03. The Balaban J connectivity index is 2.38. The molecule has 0 heterocycles. The number of carbonyl (C=O) groups excluding carboxylic acids is 2. The van der Waals surface area contributed by atoms with Crippen LogP contribution in [0.1, 0.15) is 6.42 Å². The van der Waals surface area contributed by atoms with Crippen LogP contribution in [0, 0.1) is 0 Å². The number of rotatable bonds is 4. The maximum Gasteiger partial charge on any atom is 0.318 e. The van der Waals surface area contributed by atoms with Gasteiger partial charge in [-0.1, -0.05) is 11.6 Å². The standard InChI is InChI=1S/C10H12ClN3O2S/c11-7-5-6(1-2-8(7)12)17-4-3-9(15)14-10(13)16/h1-2,5H,3-4,12H2,(H3,13,14,15,16). The molecular weight excluding hydrogens is 262 g/mol. The third-order valence-corrected chi connectivity index (χ3v) is 3.16. The van der Waals surface area contributed by atoms with Gasteiger partial charge in [-0.3, -0.25) is 10.1 Å². The minimum absolute atomic E-state index is 0.204. The van der Waals surface area contributed by atoms with Gasteiger partial charge in [0, 0.05) is 17.1 Å². The molecule has 92 valence electrons. The third-order valence-electron chi connectivity index (χ3n) is 1.83. The van der Waals surface area contributed by atoms with E-state index in [1.807, 2.05) is 11.4 Å². The van der Waals surface area contributed by atoms with E-state index in [0.717, 1.165) is 4.90 Å². The summed E-state index contributed by atoms with van der Waals surface area (Å²) in [5.41, 5.74) is 10.9. The lowest BCUT2D eigenvalue weighted by Crippen LogP contribution is -2.35. The van der Waals surface area contributed by atoms with E-state index in [4.69, 9.17) is 23.1 Å². The van der Waals surface area contributed by atoms with Crippen molar-refractivity contribution in [2.24, 2.45) is 5.73 Å². The Labute approximate surface area is 108 Å². The van der Waals surface area contributed by atoms with Gasteiger partial charge in [-0.25, -0.2) is 4.79 Å². The molecule has 0 saturated heterocycles. The minimum Gasteiger partial charge on any atom is -0.398 e. The Morgan fingerprint density at radius 2 is 2.12 bits per heavy atom. The summed E-state index contributed by atoms with van der Waals surface area (Å²) in [6.07, 6.45) is 0.204. The van der Waals surface area contributed by atoms with Gasteiger partial charge in [0.1, 0.15) is 0 Å². The van der Waals surface area contributed by atoms with E-state index in [1.165, 1.54) is 11.8 Å². The molecule has 0 fully saturated rings. The van der Waals surface area contributed by atoms with E-state index in [0.29, 0.717) is 16.5 Å². The lowest BCUT2D eigenvalue weighted by molar-refractivity contribution is -0.119. The maximum atomic E-state index is 11.1. The molecule has 0 bridgehead atoms. The first-order valence-corrected chi connectivity index (χ1v) is 6.12. The van der Waals surface area contributed by atoms with Gasteiger partial charge in [0.05, 0.1) is 10.7 Å². The largest absolute Gasteiger partial charge is 0.398 e. The van der Waals surface area contributed by atoms with E-state index in [2.05, 4.69) is 0 Å². The molecule has 0 atom stereocenters. The number of halogens is 1. The first-order chi connectivity index (χ1) is 7.99. The van der Waals surface area contributed by atoms with Gasteiger partial charge in [-0.2, -0.15) is 0 Å². The van der Waals surface area contributed by atoms with E-state index < -0.39 is 11.9 Å². The summed E-state index contributed by atoms with van der Waals surface area (Å²) >= 11 is 7.29. The third kappa shape index (κ3) is 4.97. The van der Waals surface area contributed by atoms with Gasteiger partial charge in [0.2, 0.25) is 5.91 Å². The average Bonchev–Trinajstić information content (AvgIpc) is 2.22. The summed E-state index contributed by atoms with van der Waals surface area (Å²) in [5, 5.41) is 2.47. The second-order valence-corrected chi connectivity index (χ2v) is 4.77. The number of imide groups is 1. The van der Waals surface area contributed by atoms with Crippen molar-refractivity contribution in [1.29, 1.82) is 0 Å². The van der Waals surface area contributed by atoms with Gasteiger partial charge >= 0.3 is 6.03 Å². The number of carbonyl (C=O) groups is 2. The summed E-state index contributed by atoms with van der Waals surface area (Å²) in [6.45, 7) is 0. The highest BCUT2D eigenvalue weighted by Gasteiger charge is 2.05. The summed E-state index contributed by atoms with van der Waals surface area (Å²) in [6, 6.07) is 4.41. The topological polar surface area (TPSA) is 98.2 Å². The Kier molecular flexibility index (Phi) is 5.11. The molecule has 1 aromatic rings. The smallest absolute Gasteiger partial charge is 0.318 e. The number of anilines is 1. The van der Waals surface area contributed by atoms with Crippen molar-refractivity contribution in [3.05, 3.63) is 23.2 Å². The number of hydrogen-bond donors (Lipinski definition) is 3. The van der Waals surface area contributed by atoms with Crippen LogP contribution < -0.4 is 16.8 Å². The molecule has 3 amide bonds. The molecule has 1 aromatic carbocycles. The highest BCUT2D eigenvalue weighted by molar-refractivity contribution is 7.99. The minimum atomic E-state index is -0.837. The number of nitrogens with one attached hydrogen (secondary N) is 1. The number of thioether (sulfide) groups is 1. The van der Waals surface area contributed by atoms with Crippen LogP contribution in [-0.2, 0) is 4.79 Å². The van der Waals surface area contributed by atoms with Crippen LogP contribution in [-0.4, -0.2) is 17.7 Å². The van der Waals surface area contributed by atoms with Crippen LogP contribution in [0.15, 0.2) is 23.1 Å². The number of nitrogens with two attached hydrogens (primary N) is 2. The predicted molar refractivity (Wildman–Crippen MR) is 68.9 cm³/mol. The Morgan fingerprint density at radius 3 is 2.71 bits per heavy atom. The van der Waals surface area contributed by atoms with Crippen LogP contribution in [0.25, 0.3) is 0 Å². The molecule has 0 aliphatic rings. The molecule has 5 nitrogen and oxygen atoms in total. The number of amides is 3. The fraction of sp³-hybridized carbons (Fsp3) is 0.200. The van der Waals surface area contributed by atoms with Gasteiger partial charge in [-0.15, -0.1) is 11.8 Å². The van der Waals surface area contributed by atoms with Gasteiger partial charge in [-0.05, 0) is 18.2 Å². The number of hydrogen-bond acceptors (Lipinski definition) is 4. The first-order valence-electron chi connectivity index (χ1n) is 4.76. The molecule has 0 radical (unpaired) electrons. The van der Waals surface area contributed by atoms with Gasteiger partial charge in [0.25, 0.3) is 0 Å². The maximum absolute atomic E-state index is 11.1. The van der Waals surface area contributed by atoms with Crippen LogP contribution in [0.2, 0.25) is 5.02 Å².